The van der Waals surface area contributed by atoms with Gasteiger partial charge in [-0.05, 0) is 25.3 Å². The molecular weight excluding hydrogens is 353 g/mol. The predicted octanol–water partition coefficient (Wildman–Crippen LogP) is 0.00790. The molecule has 0 aromatic carbocycles. The molecule has 138 valence electrons. The number of rotatable bonds is 5. The quantitative estimate of drug-likeness (QED) is 0.638. The number of aromatic amines is 1. The molecule has 1 fully saturated rings. The lowest BCUT2D eigenvalue weighted by atomic mass is 9.65. The predicted molar refractivity (Wildman–Crippen MR) is 102 cm³/mol. The number of aromatic nitrogens is 2. The highest BCUT2D eigenvalue weighted by Gasteiger charge is 2.41. The maximum absolute atomic E-state index is 12.0. The third-order valence-corrected chi connectivity index (χ3v) is 6.75. The van der Waals surface area contributed by atoms with Gasteiger partial charge in [0, 0.05) is 47.8 Å². The monoisotopic (exact) mass is 375 g/mol. The molecule has 1 aliphatic carbocycles. The fourth-order valence-electron chi connectivity index (χ4n) is 3.79. The van der Waals surface area contributed by atoms with Crippen LogP contribution in [0.1, 0.15) is 31.7 Å². The Balaban J connectivity index is 1.61. The van der Waals surface area contributed by atoms with Crippen molar-refractivity contribution in [1.29, 1.82) is 0 Å². The smallest absolute Gasteiger partial charge is 0.428 e. The van der Waals surface area contributed by atoms with Crippen LogP contribution in [-0.4, -0.2) is 59.9 Å². The molecule has 8 nitrogen and oxygen atoms in total. The van der Waals surface area contributed by atoms with E-state index < -0.39 is 17.1 Å². The minimum absolute atomic E-state index is 0.0524. The van der Waals surface area contributed by atoms with Gasteiger partial charge in [-0.3, -0.25) is 0 Å². The summed E-state index contributed by atoms with van der Waals surface area (Å²) in [6, 6.07) is 1.89. The van der Waals surface area contributed by atoms with Gasteiger partial charge < -0.3 is 14.9 Å². The molecule has 1 aliphatic heterocycles. The molecule has 2 aliphatic rings. The third kappa shape index (κ3) is 2.91. The van der Waals surface area contributed by atoms with Gasteiger partial charge in [-0.25, -0.2) is 18.1 Å². The van der Waals surface area contributed by atoms with Crippen molar-refractivity contribution in [3.8, 4) is 0 Å². The van der Waals surface area contributed by atoms with E-state index in [4.69, 9.17) is 0 Å². The molecule has 3 heterocycles. The van der Waals surface area contributed by atoms with Gasteiger partial charge in [-0.1, -0.05) is 6.92 Å². The zero-order valence-electron chi connectivity index (χ0n) is 14.8. The van der Waals surface area contributed by atoms with Crippen molar-refractivity contribution >= 4 is 39.3 Å². The molecule has 26 heavy (non-hydrogen) atoms. The Labute approximate surface area is 152 Å². The van der Waals surface area contributed by atoms with Gasteiger partial charge in [-0.2, -0.15) is 5.10 Å². The second kappa shape index (κ2) is 6.36. The zero-order chi connectivity index (χ0) is 18.5. The van der Waals surface area contributed by atoms with Crippen molar-refractivity contribution in [3.05, 3.63) is 24.0 Å². The van der Waals surface area contributed by atoms with Gasteiger partial charge in [0.15, 0.2) is 0 Å². The average Bonchev–Trinajstić information content (AvgIpc) is 3.02. The molecule has 0 bridgehead atoms. The normalized spacial score (nSPS) is 23.0. The van der Waals surface area contributed by atoms with Crippen LogP contribution in [0.15, 0.2) is 23.6 Å². The van der Waals surface area contributed by atoms with E-state index in [2.05, 4.69) is 19.8 Å². The summed E-state index contributed by atoms with van der Waals surface area (Å²) in [4.78, 5) is 9.00. The molecule has 4 rings (SSSR count). The zero-order valence-corrected chi connectivity index (χ0v) is 15.6. The van der Waals surface area contributed by atoms with Gasteiger partial charge in [0.1, 0.15) is 5.65 Å². The van der Waals surface area contributed by atoms with Crippen LogP contribution < -0.4 is 10.2 Å². The van der Waals surface area contributed by atoms with E-state index in [9.17, 15) is 13.4 Å². The molecule has 10 heteroatoms. The van der Waals surface area contributed by atoms with Gasteiger partial charge in [0.25, 0.3) is 0 Å². The van der Waals surface area contributed by atoms with Crippen LogP contribution in [0.4, 0.5) is 0 Å². The highest BCUT2D eigenvalue weighted by atomic mass is 32.2. The second-order valence-electron chi connectivity index (χ2n) is 7.06. The van der Waals surface area contributed by atoms with Crippen LogP contribution in [0.25, 0.3) is 11.0 Å². The number of pyridine rings is 1. The van der Waals surface area contributed by atoms with Crippen LogP contribution in [0.5, 0.6) is 0 Å². The Kier molecular flexibility index (Phi) is 4.28. The van der Waals surface area contributed by atoms with Gasteiger partial charge in [-0.15, -0.1) is 0 Å². The van der Waals surface area contributed by atoms with Crippen LogP contribution in [0, 0.1) is 5.92 Å². The van der Waals surface area contributed by atoms with Gasteiger partial charge in [0.05, 0.1) is 11.5 Å². The van der Waals surface area contributed by atoms with Crippen molar-refractivity contribution < 1.29 is 13.4 Å². The van der Waals surface area contributed by atoms with Crippen molar-refractivity contribution in [3.63, 3.8) is 0 Å². The topological polar surface area (TPSA) is 111 Å². The minimum Gasteiger partial charge on any atom is -0.428 e. The number of nitrogens with zero attached hydrogens (tertiary/aromatic N) is 3. The van der Waals surface area contributed by atoms with E-state index in [1.54, 1.807) is 13.2 Å². The van der Waals surface area contributed by atoms with E-state index in [-0.39, 0.29) is 17.7 Å². The first-order valence-electron chi connectivity index (χ1n) is 8.85. The van der Waals surface area contributed by atoms with E-state index in [1.165, 1.54) is 4.92 Å². The lowest BCUT2D eigenvalue weighted by Gasteiger charge is -2.39. The van der Waals surface area contributed by atoms with Crippen molar-refractivity contribution in [1.82, 2.24) is 19.6 Å². The molecule has 0 spiro atoms. The summed E-state index contributed by atoms with van der Waals surface area (Å²) in [5, 5.41) is 16.0. The minimum atomic E-state index is -3.21. The molecule has 0 amide bonds. The summed E-state index contributed by atoms with van der Waals surface area (Å²) in [6.45, 7) is 1.85. The molecular formula is C16H22BN5O3S. The molecule has 0 unspecified atom stereocenters. The first-order chi connectivity index (χ1) is 12.4. The Morgan fingerprint density at radius 3 is 2.96 bits per heavy atom. The first-order valence-corrected chi connectivity index (χ1v) is 10.5. The third-order valence-electron chi connectivity index (χ3n) is 5.11. The number of hydrogen-bond acceptors (Lipinski definition) is 6. The molecule has 2 aromatic rings. The summed E-state index contributed by atoms with van der Waals surface area (Å²) < 4.78 is 26.7. The number of sulfonamides is 1. The Hall–Kier alpha value is -1.91. The van der Waals surface area contributed by atoms with E-state index in [0.29, 0.717) is 19.3 Å². The standard InChI is InChI=1S/C16H22BN5O3S/c1-3-6-26(24,25)21-11-7-10(8-11)15-14-12-4-5-18-16(12)19-9-13(14)17(23)22(2)20-15/h4-5,9-11,21,23H,3,6-8H2,1-2H3,(H,18,19)/t10-,11+. The number of hydrogen-bond donors (Lipinski definition) is 3. The molecule has 0 radical (unpaired) electrons. The summed E-state index contributed by atoms with van der Waals surface area (Å²) in [5.41, 5.74) is 3.31. The number of H-pyrrole nitrogens is 1. The van der Waals surface area contributed by atoms with Crippen molar-refractivity contribution in [2.45, 2.75) is 32.2 Å². The highest BCUT2D eigenvalue weighted by Crippen LogP contribution is 2.34. The van der Waals surface area contributed by atoms with Gasteiger partial charge >= 0.3 is 7.05 Å². The summed E-state index contributed by atoms with van der Waals surface area (Å²) >= 11 is 0. The van der Waals surface area contributed by atoms with Crippen LogP contribution in [0.2, 0.25) is 0 Å². The van der Waals surface area contributed by atoms with Crippen molar-refractivity contribution in [2.24, 2.45) is 11.0 Å². The number of hydrazone groups is 1. The largest absolute Gasteiger partial charge is 0.468 e. The Bertz CT molecular complexity index is 967. The van der Waals surface area contributed by atoms with E-state index in [0.717, 1.165) is 27.8 Å². The molecule has 3 N–H and O–H groups in total. The first kappa shape index (κ1) is 17.5. The fourth-order valence-corrected chi connectivity index (χ4v) is 5.14. The maximum Gasteiger partial charge on any atom is 0.468 e. The van der Waals surface area contributed by atoms with E-state index in [1.807, 2.05) is 19.2 Å². The lowest BCUT2D eigenvalue weighted by Crippen LogP contribution is -2.54. The molecule has 0 atom stereocenters. The SMILES string of the molecule is CCCS(=O)(=O)N[C@H]1C[C@@H](C2=NN(C)B(O)c3cnc4[nH]ccc4c32)C1. The van der Waals surface area contributed by atoms with Crippen molar-refractivity contribution in [2.75, 3.05) is 12.8 Å². The van der Waals surface area contributed by atoms with Crippen LogP contribution in [0.3, 0.4) is 0 Å². The summed E-state index contributed by atoms with van der Waals surface area (Å²) in [5.74, 6) is 0.307. The number of nitrogens with one attached hydrogen (secondary N) is 2. The van der Waals surface area contributed by atoms with E-state index >= 15 is 0 Å². The van der Waals surface area contributed by atoms with Crippen LogP contribution in [-0.2, 0) is 10.0 Å². The van der Waals surface area contributed by atoms with Crippen LogP contribution >= 0.6 is 0 Å². The molecule has 1 saturated carbocycles. The van der Waals surface area contributed by atoms with Gasteiger partial charge in [0.2, 0.25) is 10.0 Å². The summed E-state index contributed by atoms with van der Waals surface area (Å²) in [6.07, 6.45) is 5.53. The number of fused-ring (bicyclic) bond motifs is 3. The second-order valence-corrected chi connectivity index (χ2v) is 8.94. The Morgan fingerprint density at radius 1 is 1.46 bits per heavy atom. The maximum atomic E-state index is 12.0. The highest BCUT2D eigenvalue weighted by molar-refractivity contribution is 7.89. The lowest BCUT2D eigenvalue weighted by molar-refractivity contribution is 0.315. The fraction of sp³-hybridized carbons (Fsp3) is 0.500. The Morgan fingerprint density at radius 2 is 2.23 bits per heavy atom. The summed E-state index contributed by atoms with van der Waals surface area (Å²) in [7, 11) is -2.31. The molecule has 0 saturated heterocycles. The molecule has 2 aromatic heterocycles. The average molecular weight is 375 g/mol.